The third kappa shape index (κ3) is 2.90. The van der Waals surface area contributed by atoms with Gasteiger partial charge in [0.25, 0.3) is 0 Å². The molecule has 0 saturated heterocycles. The zero-order valence-electron chi connectivity index (χ0n) is 12.7. The van der Waals surface area contributed by atoms with E-state index in [9.17, 15) is 4.39 Å². The zero-order chi connectivity index (χ0) is 16.4. The standard InChI is InChI=1S/C17H14FN5/c1-10-15(11(2)21-16(10)19-3)14-8-9-20-17(23-14)22-13-6-4-12(18)5-7-13/h4-9,21H,1-2H3,(H,20,22,23). The van der Waals surface area contributed by atoms with Crippen LogP contribution in [-0.4, -0.2) is 15.0 Å². The van der Waals surface area contributed by atoms with Crippen molar-refractivity contribution in [1.82, 2.24) is 15.0 Å². The van der Waals surface area contributed by atoms with Gasteiger partial charge in [-0.05, 0) is 49.7 Å². The first-order valence-corrected chi connectivity index (χ1v) is 7.01. The molecule has 0 aliphatic rings. The molecular weight excluding hydrogens is 293 g/mol. The highest BCUT2D eigenvalue weighted by atomic mass is 19.1. The maximum atomic E-state index is 12.9. The van der Waals surface area contributed by atoms with Crippen LogP contribution in [0.4, 0.5) is 21.8 Å². The molecule has 0 amide bonds. The van der Waals surface area contributed by atoms with E-state index in [0.29, 0.717) is 17.5 Å². The highest BCUT2D eigenvalue weighted by molar-refractivity contribution is 5.74. The van der Waals surface area contributed by atoms with E-state index < -0.39 is 0 Å². The molecule has 1 aromatic carbocycles. The normalized spacial score (nSPS) is 10.3. The van der Waals surface area contributed by atoms with Crippen molar-refractivity contribution in [1.29, 1.82) is 0 Å². The molecule has 3 rings (SSSR count). The number of nitrogens with zero attached hydrogens (tertiary/aromatic N) is 3. The molecule has 0 aliphatic heterocycles. The predicted molar refractivity (Wildman–Crippen MR) is 87.2 cm³/mol. The minimum atomic E-state index is -0.296. The Morgan fingerprint density at radius 2 is 1.91 bits per heavy atom. The molecule has 0 saturated carbocycles. The largest absolute Gasteiger partial charge is 0.364 e. The van der Waals surface area contributed by atoms with Crippen LogP contribution in [0.3, 0.4) is 0 Å². The molecular formula is C17H14FN5. The van der Waals surface area contributed by atoms with Crippen molar-refractivity contribution >= 4 is 17.5 Å². The fraction of sp³-hybridized carbons (Fsp3) is 0.118. The highest BCUT2D eigenvalue weighted by Gasteiger charge is 2.15. The van der Waals surface area contributed by atoms with Crippen molar-refractivity contribution in [2.45, 2.75) is 13.8 Å². The Balaban J connectivity index is 1.96. The number of H-pyrrole nitrogens is 1. The van der Waals surface area contributed by atoms with E-state index in [1.165, 1.54) is 12.1 Å². The highest BCUT2D eigenvalue weighted by Crippen LogP contribution is 2.32. The first kappa shape index (κ1) is 14.7. The lowest BCUT2D eigenvalue weighted by atomic mass is 10.1. The number of aryl methyl sites for hydroxylation is 1. The number of nitrogens with one attached hydrogen (secondary N) is 2. The summed E-state index contributed by atoms with van der Waals surface area (Å²) in [4.78, 5) is 15.2. The van der Waals surface area contributed by atoms with Crippen molar-refractivity contribution in [3.05, 3.63) is 65.0 Å². The Kier molecular flexibility index (Phi) is 3.77. The molecule has 0 atom stereocenters. The van der Waals surface area contributed by atoms with Crippen molar-refractivity contribution in [2.75, 3.05) is 5.32 Å². The van der Waals surface area contributed by atoms with Crippen LogP contribution in [0.15, 0.2) is 36.5 Å². The molecule has 23 heavy (non-hydrogen) atoms. The number of anilines is 2. The van der Waals surface area contributed by atoms with Crippen LogP contribution in [0.2, 0.25) is 0 Å². The van der Waals surface area contributed by atoms with E-state index in [2.05, 4.69) is 25.1 Å². The summed E-state index contributed by atoms with van der Waals surface area (Å²) in [6, 6.07) is 7.78. The number of hydrogen-bond donors (Lipinski definition) is 2. The van der Waals surface area contributed by atoms with E-state index in [4.69, 9.17) is 6.57 Å². The lowest BCUT2D eigenvalue weighted by Gasteiger charge is -2.07. The third-order valence-corrected chi connectivity index (χ3v) is 3.53. The Morgan fingerprint density at radius 1 is 1.17 bits per heavy atom. The zero-order valence-corrected chi connectivity index (χ0v) is 12.7. The second-order valence-electron chi connectivity index (χ2n) is 5.11. The Bertz CT molecular complexity index is 890. The number of aromatic nitrogens is 3. The number of halogens is 1. The average Bonchev–Trinajstić information content (AvgIpc) is 2.84. The average molecular weight is 307 g/mol. The van der Waals surface area contributed by atoms with Crippen LogP contribution < -0.4 is 5.32 Å². The lowest BCUT2D eigenvalue weighted by molar-refractivity contribution is 0.628. The molecule has 0 unspecified atom stereocenters. The molecule has 5 nitrogen and oxygen atoms in total. The van der Waals surface area contributed by atoms with Gasteiger partial charge in [0.15, 0.2) is 0 Å². The molecule has 114 valence electrons. The fourth-order valence-electron chi connectivity index (χ4n) is 2.45. The van der Waals surface area contributed by atoms with Gasteiger partial charge in [0.1, 0.15) is 5.82 Å². The van der Waals surface area contributed by atoms with Crippen LogP contribution in [0.25, 0.3) is 16.1 Å². The number of rotatable bonds is 3. The molecule has 0 fully saturated rings. The maximum absolute atomic E-state index is 12.9. The third-order valence-electron chi connectivity index (χ3n) is 3.53. The van der Waals surface area contributed by atoms with Gasteiger partial charge in [-0.25, -0.2) is 14.4 Å². The van der Waals surface area contributed by atoms with Crippen LogP contribution in [0.1, 0.15) is 11.3 Å². The maximum Gasteiger partial charge on any atom is 0.231 e. The predicted octanol–water partition coefficient (Wildman–Crippen LogP) is 4.52. The molecule has 2 aromatic heterocycles. The first-order chi connectivity index (χ1) is 11.1. The molecule has 0 aliphatic carbocycles. The molecule has 0 radical (unpaired) electrons. The minimum absolute atomic E-state index is 0.296. The van der Waals surface area contributed by atoms with Crippen LogP contribution in [0.5, 0.6) is 0 Å². The number of aromatic amines is 1. The molecule has 0 spiro atoms. The second kappa shape index (κ2) is 5.89. The summed E-state index contributed by atoms with van der Waals surface area (Å²) < 4.78 is 12.9. The van der Waals surface area contributed by atoms with Crippen LogP contribution >= 0.6 is 0 Å². The summed E-state index contributed by atoms with van der Waals surface area (Å²) in [6.45, 7) is 11.0. The molecule has 2 N–H and O–H groups in total. The van der Waals surface area contributed by atoms with Crippen molar-refractivity contribution in [3.63, 3.8) is 0 Å². The van der Waals surface area contributed by atoms with Gasteiger partial charge in [-0.15, -0.1) is 0 Å². The van der Waals surface area contributed by atoms with Gasteiger partial charge in [-0.1, -0.05) is 6.57 Å². The van der Waals surface area contributed by atoms with E-state index in [-0.39, 0.29) is 5.82 Å². The molecule has 2 heterocycles. The van der Waals surface area contributed by atoms with Gasteiger partial charge >= 0.3 is 0 Å². The summed E-state index contributed by atoms with van der Waals surface area (Å²) >= 11 is 0. The smallest absolute Gasteiger partial charge is 0.231 e. The van der Waals surface area contributed by atoms with Crippen LogP contribution in [-0.2, 0) is 0 Å². The van der Waals surface area contributed by atoms with E-state index >= 15 is 0 Å². The number of hydrogen-bond acceptors (Lipinski definition) is 3. The second-order valence-corrected chi connectivity index (χ2v) is 5.11. The van der Waals surface area contributed by atoms with Gasteiger partial charge in [-0.2, -0.15) is 0 Å². The van der Waals surface area contributed by atoms with Crippen molar-refractivity contribution < 1.29 is 4.39 Å². The summed E-state index contributed by atoms with van der Waals surface area (Å²) in [6.07, 6.45) is 1.65. The van der Waals surface area contributed by atoms with E-state index in [1.807, 2.05) is 13.8 Å². The molecule has 0 bridgehead atoms. The summed E-state index contributed by atoms with van der Waals surface area (Å²) in [7, 11) is 0. The SMILES string of the molecule is [C-]#[N+]c1[nH]c(C)c(-c2ccnc(Nc3ccc(F)cc3)n2)c1C. The van der Waals surface area contributed by atoms with Gasteiger partial charge in [0.2, 0.25) is 11.8 Å². The van der Waals surface area contributed by atoms with E-state index in [1.54, 1.807) is 24.4 Å². The fourth-order valence-corrected chi connectivity index (χ4v) is 2.45. The Hall–Kier alpha value is -3.20. The van der Waals surface area contributed by atoms with Crippen molar-refractivity contribution in [3.8, 4) is 11.3 Å². The molecule has 3 aromatic rings. The Morgan fingerprint density at radius 3 is 2.57 bits per heavy atom. The first-order valence-electron chi connectivity index (χ1n) is 7.01. The van der Waals surface area contributed by atoms with E-state index in [0.717, 1.165) is 22.5 Å². The molecule has 6 heteroatoms. The summed E-state index contributed by atoms with van der Waals surface area (Å²) in [5, 5.41) is 3.04. The minimum Gasteiger partial charge on any atom is -0.364 e. The summed E-state index contributed by atoms with van der Waals surface area (Å²) in [5.41, 5.74) is 4.09. The van der Waals surface area contributed by atoms with Gasteiger partial charge in [0.05, 0.1) is 11.4 Å². The van der Waals surface area contributed by atoms with Crippen LogP contribution in [0, 0.1) is 26.2 Å². The Labute approximate surface area is 133 Å². The lowest BCUT2D eigenvalue weighted by Crippen LogP contribution is -1.98. The van der Waals surface area contributed by atoms with Gasteiger partial charge in [0, 0.05) is 17.4 Å². The van der Waals surface area contributed by atoms with Gasteiger partial charge in [-0.3, -0.25) is 0 Å². The quantitative estimate of drug-likeness (QED) is 0.699. The topological polar surface area (TPSA) is 58.0 Å². The van der Waals surface area contributed by atoms with Crippen molar-refractivity contribution in [2.24, 2.45) is 0 Å². The van der Waals surface area contributed by atoms with Gasteiger partial charge < -0.3 is 15.1 Å². The number of benzene rings is 1. The monoisotopic (exact) mass is 307 g/mol. The summed E-state index contributed by atoms with van der Waals surface area (Å²) in [5.74, 6) is 0.637.